The summed E-state index contributed by atoms with van der Waals surface area (Å²) < 4.78 is 2.71. The monoisotopic (exact) mass is 294 g/mol. The average Bonchev–Trinajstić information content (AvgIpc) is 2.64. The minimum absolute atomic E-state index is 0.676. The van der Waals surface area contributed by atoms with Gasteiger partial charge in [-0.15, -0.1) is 0 Å². The van der Waals surface area contributed by atoms with Crippen LogP contribution in [0.2, 0.25) is 0 Å². The number of hydrogen-bond acceptors (Lipinski definition) is 2. The molecule has 90 valence electrons. The molecule has 2 rings (SSSR count). The van der Waals surface area contributed by atoms with Crippen molar-refractivity contribution in [3.63, 3.8) is 0 Å². The molecule has 0 amide bonds. The lowest BCUT2D eigenvalue weighted by atomic mass is 10.1. The van der Waals surface area contributed by atoms with Crippen LogP contribution in [0.4, 0.5) is 0 Å². The second kappa shape index (κ2) is 5.02. The maximum atomic E-state index is 10.3. The number of aliphatic hydroxyl groups is 1. The van der Waals surface area contributed by atoms with E-state index in [0.29, 0.717) is 5.69 Å². The van der Waals surface area contributed by atoms with Gasteiger partial charge in [-0.2, -0.15) is 5.10 Å². The Hall–Kier alpha value is -1.13. The summed E-state index contributed by atoms with van der Waals surface area (Å²) in [6.07, 6.45) is 0.197. The summed E-state index contributed by atoms with van der Waals surface area (Å²) in [7, 11) is 1.89. The maximum absolute atomic E-state index is 10.3. The summed E-state index contributed by atoms with van der Waals surface area (Å²) in [4.78, 5) is 0. The van der Waals surface area contributed by atoms with Gasteiger partial charge in [0.1, 0.15) is 11.8 Å². The van der Waals surface area contributed by atoms with Crippen LogP contribution in [0.3, 0.4) is 0 Å². The zero-order chi connectivity index (χ0) is 12.4. The molecule has 4 heteroatoms. The summed E-state index contributed by atoms with van der Waals surface area (Å²) in [6.45, 7) is 2.07. The molecule has 1 aromatic carbocycles. The predicted molar refractivity (Wildman–Crippen MR) is 70.8 cm³/mol. The van der Waals surface area contributed by atoms with E-state index in [-0.39, 0.29) is 0 Å². The van der Waals surface area contributed by atoms with Crippen molar-refractivity contribution in [3.8, 4) is 0 Å². The van der Waals surface area contributed by atoms with E-state index in [0.717, 1.165) is 22.2 Å². The van der Waals surface area contributed by atoms with Gasteiger partial charge in [0.15, 0.2) is 0 Å². The number of aliphatic hydroxyl groups excluding tert-OH is 1. The summed E-state index contributed by atoms with van der Waals surface area (Å²) >= 11 is 3.52. The Morgan fingerprint density at radius 3 is 2.53 bits per heavy atom. The van der Waals surface area contributed by atoms with Gasteiger partial charge < -0.3 is 5.11 Å². The summed E-state index contributed by atoms with van der Waals surface area (Å²) in [5, 5.41) is 14.7. The van der Waals surface area contributed by atoms with Crippen molar-refractivity contribution < 1.29 is 5.11 Å². The Morgan fingerprint density at radius 2 is 2.00 bits per heavy atom. The minimum atomic E-state index is -0.683. The number of benzene rings is 1. The molecular formula is C13H15BrN2O. The number of halogens is 1. The summed E-state index contributed by atoms with van der Waals surface area (Å²) in [5.41, 5.74) is 2.62. The topological polar surface area (TPSA) is 38.1 Å². The normalized spacial score (nSPS) is 12.7. The number of hydrogen-bond donors (Lipinski definition) is 1. The van der Waals surface area contributed by atoms with Gasteiger partial charge in [-0.05, 0) is 27.9 Å². The fraction of sp³-hybridized carbons (Fsp3) is 0.308. The van der Waals surface area contributed by atoms with Crippen molar-refractivity contribution in [2.75, 3.05) is 0 Å². The van der Waals surface area contributed by atoms with Crippen LogP contribution in [0.5, 0.6) is 0 Å². The van der Waals surface area contributed by atoms with Crippen LogP contribution >= 0.6 is 15.9 Å². The highest BCUT2D eigenvalue weighted by atomic mass is 79.9. The number of aromatic nitrogens is 2. The van der Waals surface area contributed by atoms with Gasteiger partial charge in [0, 0.05) is 7.05 Å². The van der Waals surface area contributed by atoms with Crippen molar-refractivity contribution >= 4 is 15.9 Å². The van der Waals surface area contributed by atoms with Crippen LogP contribution in [0.15, 0.2) is 34.8 Å². The molecule has 0 saturated heterocycles. The van der Waals surface area contributed by atoms with Gasteiger partial charge in [-0.3, -0.25) is 4.68 Å². The third kappa shape index (κ3) is 2.28. The highest BCUT2D eigenvalue weighted by Crippen LogP contribution is 2.30. The number of aryl methyl sites for hydroxylation is 1. The van der Waals surface area contributed by atoms with E-state index >= 15 is 0 Å². The fourth-order valence-corrected chi connectivity index (χ4v) is 2.74. The molecule has 0 radical (unpaired) electrons. The molecule has 0 unspecified atom stereocenters. The third-order valence-electron chi connectivity index (χ3n) is 2.84. The molecule has 3 nitrogen and oxygen atoms in total. The second-order valence-electron chi connectivity index (χ2n) is 3.94. The van der Waals surface area contributed by atoms with Crippen molar-refractivity contribution in [2.45, 2.75) is 19.4 Å². The maximum Gasteiger partial charge on any atom is 0.124 e. The fourth-order valence-electron chi connectivity index (χ4n) is 1.91. The van der Waals surface area contributed by atoms with E-state index in [1.54, 1.807) is 0 Å². The Morgan fingerprint density at radius 1 is 1.35 bits per heavy atom. The first-order chi connectivity index (χ1) is 8.15. The Kier molecular flexibility index (Phi) is 3.64. The lowest BCUT2D eigenvalue weighted by Crippen LogP contribution is -2.02. The van der Waals surface area contributed by atoms with Gasteiger partial charge >= 0.3 is 0 Å². The van der Waals surface area contributed by atoms with Crippen LogP contribution in [-0.2, 0) is 13.5 Å². The molecule has 1 heterocycles. The third-order valence-corrected chi connectivity index (χ3v) is 3.70. The highest BCUT2D eigenvalue weighted by molar-refractivity contribution is 9.10. The molecule has 0 aliphatic carbocycles. The molecule has 0 aliphatic rings. The van der Waals surface area contributed by atoms with E-state index in [1.165, 1.54) is 0 Å². The zero-order valence-corrected chi connectivity index (χ0v) is 11.5. The SMILES string of the molecule is CCc1c(Br)c([C@H](O)c2ccccc2)nn1C. The van der Waals surface area contributed by atoms with Crippen LogP contribution in [-0.4, -0.2) is 14.9 Å². The molecular weight excluding hydrogens is 280 g/mol. The smallest absolute Gasteiger partial charge is 0.124 e. The molecule has 17 heavy (non-hydrogen) atoms. The van der Waals surface area contributed by atoms with E-state index < -0.39 is 6.10 Å². The zero-order valence-electron chi connectivity index (χ0n) is 9.89. The lowest BCUT2D eigenvalue weighted by Gasteiger charge is -2.08. The van der Waals surface area contributed by atoms with Gasteiger partial charge in [0.25, 0.3) is 0 Å². The molecule has 0 bridgehead atoms. The average molecular weight is 295 g/mol. The Bertz CT molecular complexity index is 508. The van der Waals surface area contributed by atoms with Crippen molar-refractivity contribution in [2.24, 2.45) is 7.05 Å². The molecule has 2 aromatic rings. The first kappa shape index (κ1) is 12.3. The molecule has 0 saturated carbocycles. The van der Waals surface area contributed by atoms with Gasteiger partial charge in [0.2, 0.25) is 0 Å². The van der Waals surface area contributed by atoms with Gasteiger partial charge in [0.05, 0.1) is 10.2 Å². The van der Waals surface area contributed by atoms with Crippen LogP contribution in [0.1, 0.15) is 30.0 Å². The Balaban J connectivity index is 2.41. The lowest BCUT2D eigenvalue weighted by molar-refractivity contribution is 0.213. The van der Waals surface area contributed by atoms with E-state index in [4.69, 9.17) is 0 Å². The molecule has 0 spiro atoms. The minimum Gasteiger partial charge on any atom is -0.382 e. The Labute approximate surface area is 109 Å². The van der Waals surface area contributed by atoms with Crippen molar-refractivity contribution in [3.05, 3.63) is 51.8 Å². The van der Waals surface area contributed by atoms with E-state index in [2.05, 4.69) is 28.0 Å². The quantitative estimate of drug-likeness (QED) is 0.945. The standard InChI is InChI=1S/C13H15BrN2O/c1-3-10-11(14)12(15-16(10)2)13(17)9-7-5-4-6-8-9/h4-8,13,17H,3H2,1-2H3/t13-/m1/s1. The molecule has 1 atom stereocenters. The van der Waals surface area contributed by atoms with Gasteiger partial charge in [-0.25, -0.2) is 0 Å². The first-order valence-corrected chi connectivity index (χ1v) is 6.38. The van der Waals surface area contributed by atoms with Crippen molar-refractivity contribution in [1.82, 2.24) is 9.78 Å². The van der Waals surface area contributed by atoms with Crippen LogP contribution in [0, 0.1) is 0 Å². The highest BCUT2D eigenvalue weighted by Gasteiger charge is 2.20. The number of rotatable bonds is 3. The van der Waals surface area contributed by atoms with E-state index in [9.17, 15) is 5.11 Å². The molecule has 0 aliphatic heterocycles. The van der Waals surface area contributed by atoms with Crippen LogP contribution < -0.4 is 0 Å². The summed E-state index contributed by atoms with van der Waals surface area (Å²) in [6, 6.07) is 9.56. The molecule has 1 aromatic heterocycles. The molecule has 0 fully saturated rings. The van der Waals surface area contributed by atoms with Gasteiger partial charge in [-0.1, -0.05) is 37.3 Å². The summed E-state index contributed by atoms with van der Waals surface area (Å²) in [5.74, 6) is 0. The molecule has 1 N–H and O–H groups in total. The van der Waals surface area contributed by atoms with Crippen molar-refractivity contribution in [1.29, 1.82) is 0 Å². The second-order valence-corrected chi connectivity index (χ2v) is 4.73. The number of nitrogens with zero attached hydrogens (tertiary/aromatic N) is 2. The largest absolute Gasteiger partial charge is 0.382 e. The van der Waals surface area contributed by atoms with Crippen LogP contribution in [0.25, 0.3) is 0 Å². The predicted octanol–water partition coefficient (Wildman–Crippen LogP) is 2.83. The van der Waals surface area contributed by atoms with E-state index in [1.807, 2.05) is 42.1 Å². The first-order valence-electron chi connectivity index (χ1n) is 5.59.